The van der Waals surface area contributed by atoms with Crippen molar-refractivity contribution in [3.63, 3.8) is 0 Å². The summed E-state index contributed by atoms with van der Waals surface area (Å²) in [5.41, 5.74) is 4.74. The minimum atomic E-state index is -0.628. The topological polar surface area (TPSA) is 93.3 Å². The molecule has 1 aliphatic heterocycles. The van der Waals surface area contributed by atoms with Gasteiger partial charge < -0.3 is 14.8 Å². The quantitative estimate of drug-likeness (QED) is 0.626. The summed E-state index contributed by atoms with van der Waals surface area (Å²) >= 11 is 0. The average molecular weight is 405 g/mol. The normalized spacial score (nSPS) is 15.3. The van der Waals surface area contributed by atoms with E-state index in [2.05, 4.69) is 15.5 Å². The fourth-order valence-corrected chi connectivity index (χ4v) is 3.97. The maximum Gasteiger partial charge on any atom is 0.226 e. The summed E-state index contributed by atoms with van der Waals surface area (Å²) in [6.07, 6.45) is 0.0684. The molecule has 0 aliphatic carbocycles. The third-order valence-corrected chi connectivity index (χ3v) is 5.44. The fraction of sp³-hybridized carbons (Fsp3) is 0.261. The summed E-state index contributed by atoms with van der Waals surface area (Å²) in [6.45, 7) is 3.90. The first-order valence-corrected chi connectivity index (χ1v) is 9.65. The molecular formula is C23H23N3O4. The van der Waals surface area contributed by atoms with Crippen LogP contribution in [0.15, 0.2) is 36.4 Å². The lowest BCUT2D eigenvalue weighted by atomic mass is 9.83. The molecule has 1 aromatic heterocycles. The van der Waals surface area contributed by atoms with Gasteiger partial charge in [-0.05, 0) is 37.6 Å². The van der Waals surface area contributed by atoms with Gasteiger partial charge in [0.15, 0.2) is 23.1 Å². The van der Waals surface area contributed by atoms with Gasteiger partial charge in [-0.3, -0.25) is 14.7 Å². The molecule has 4 rings (SSSR count). The molecule has 1 atom stereocenters. The van der Waals surface area contributed by atoms with Crippen molar-refractivity contribution in [3.05, 3.63) is 58.7 Å². The van der Waals surface area contributed by atoms with Crippen LogP contribution in [-0.4, -0.2) is 36.1 Å². The van der Waals surface area contributed by atoms with Crippen molar-refractivity contribution in [2.75, 3.05) is 19.5 Å². The van der Waals surface area contributed by atoms with Gasteiger partial charge >= 0.3 is 0 Å². The van der Waals surface area contributed by atoms with E-state index in [9.17, 15) is 9.59 Å². The van der Waals surface area contributed by atoms with E-state index >= 15 is 0 Å². The van der Waals surface area contributed by atoms with E-state index in [1.807, 2.05) is 44.2 Å². The molecule has 2 aromatic carbocycles. The summed E-state index contributed by atoms with van der Waals surface area (Å²) in [6, 6.07) is 11.2. The van der Waals surface area contributed by atoms with Gasteiger partial charge in [0.2, 0.25) is 5.91 Å². The number of nitrogens with zero attached hydrogens (tertiary/aromatic N) is 1. The number of hydrogen-bond donors (Lipinski definition) is 2. The smallest absolute Gasteiger partial charge is 0.226 e. The molecule has 0 saturated heterocycles. The van der Waals surface area contributed by atoms with Crippen molar-refractivity contribution >= 4 is 17.5 Å². The minimum Gasteiger partial charge on any atom is -0.493 e. The first-order valence-electron chi connectivity index (χ1n) is 9.65. The van der Waals surface area contributed by atoms with E-state index < -0.39 is 5.92 Å². The van der Waals surface area contributed by atoms with Crippen LogP contribution in [0.3, 0.4) is 0 Å². The number of aryl methyl sites for hydroxylation is 2. The third kappa shape index (κ3) is 3.32. The van der Waals surface area contributed by atoms with Crippen LogP contribution in [0.5, 0.6) is 11.5 Å². The third-order valence-electron chi connectivity index (χ3n) is 5.44. The van der Waals surface area contributed by atoms with Crippen molar-refractivity contribution in [2.45, 2.75) is 26.2 Å². The number of anilines is 1. The van der Waals surface area contributed by atoms with Crippen LogP contribution >= 0.6 is 0 Å². The second-order valence-corrected chi connectivity index (χ2v) is 7.42. The number of rotatable bonds is 5. The van der Waals surface area contributed by atoms with Gasteiger partial charge in [0.25, 0.3) is 0 Å². The van der Waals surface area contributed by atoms with Crippen LogP contribution in [0.1, 0.15) is 39.4 Å². The Morgan fingerprint density at radius 3 is 2.53 bits per heavy atom. The number of ether oxygens (including phenoxy) is 2. The number of Topliss-reactive ketones (excluding diaryl/α,β-unsaturated/α-hetero) is 1. The highest BCUT2D eigenvalue weighted by Gasteiger charge is 2.36. The lowest BCUT2D eigenvalue weighted by molar-refractivity contribution is -0.116. The van der Waals surface area contributed by atoms with Gasteiger partial charge in [-0.15, -0.1) is 0 Å². The molecule has 154 valence electrons. The first-order chi connectivity index (χ1) is 14.4. The largest absolute Gasteiger partial charge is 0.493 e. The van der Waals surface area contributed by atoms with E-state index in [0.29, 0.717) is 34.1 Å². The van der Waals surface area contributed by atoms with Crippen molar-refractivity contribution in [2.24, 2.45) is 0 Å². The molecule has 0 spiro atoms. The number of aromatic nitrogens is 2. The number of aromatic amines is 1. The van der Waals surface area contributed by atoms with E-state index in [-0.39, 0.29) is 18.1 Å². The predicted molar refractivity (Wildman–Crippen MR) is 113 cm³/mol. The second kappa shape index (κ2) is 7.67. The molecule has 3 aromatic rings. The van der Waals surface area contributed by atoms with E-state index in [0.717, 1.165) is 16.7 Å². The van der Waals surface area contributed by atoms with Crippen LogP contribution in [0.4, 0.5) is 5.82 Å². The van der Waals surface area contributed by atoms with Crippen molar-refractivity contribution < 1.29 is 19.1 Å². The molecule has 1 amide bonds. The number of hydrogen-bond acceptors (Lipinski definition) is 5. The lowest BCUT2D eigenvalue weighted by Gasteiger charge is -2.23. The predicted octanol–water partition coefficient (Wildman–Crippen LogP) is 4.02. The monoisotopic (exact) mass is 405 g/mol. The molecule has 7 nitrogen and oxygen atoms in total. The Kier molecular flexibility index (Phi) is 5.03. The number of nitrogens with one attached hydrogen (secondary N) is 2. The molecule has 2 N–H and O–H groups in total. The van der Waals surface area contributed by atoms with Crippen LogP contribution in [0.25, 0.3) is 11.3 Å². The molecule has 0 fully saturated rings. The van der Waals surface area contributed by atoms with Gasteiger partial charge in [-0.25, -0.2) is 0 Å². The molecule has 2 heterocycles. The van der Waals surface area contributed by atoms with E-state index in [1.165, 1.54) is 0 Å². The number of carbonyl (C=O) groups is 2. The Balaban J connectivity index is 1.82. The maximum atomic E-state index is 13.5. The molecule has 0 bridgehead atoms. The average Bonchev–Trinajstić information content (AvgIpc) is 3.15. The number of amides is 1. The minimum absolute atomic E-state index is 0.0684. The maximum absolute atomic E-state index is 13.5. The van der Waals surface area contributed by atoms with E-state index in [1.54, 1.807) is 20.3 Å². The highest BCUT2D eigenvalue weighted by molar-refractivity contribution is 6.09. The van der Waals surface area contributed by atoms with E-state index in [4.69, 9.17) is 9.47 Å². The Hall–Kier alpha value is -3.61. The second-order valence-electron chi connectivity index (χ2n) is 7.42. The van der Waals surface area contributed by atoms with Gasteiger partial charge in [0, 0.05) is 23.1 Å². The Morgan fingerprint density at radius 2 is 1.83 bits per heavy atom. The zero-order valence-electron chi connectivity index (χ0n) is 17.3. The summed E-state index contributed by atoms with van der Waals surface area (Å²) in [4.78, 5) is 25.8. The zero-order chi connectivity index (χ0) is 21.4. The van der Waals surface area contributed by atoms with Crippen molar-refractivity contribution in [3.8, 4) is 22.8 Å². The van der Waals surface area contributed by atoms with Gasteiger partial charge in [-0.2, -0.15) is 5.10 Å². The molecule has 30 heavy (non-hydrogen) atoms. The number of benzene rings is 2. The number of fused-ring (bicyclic) bond motifs is 1. The number of methoxy groups -OCH3 is 2. The Morgan fingerprint density at radius 1 is 1.07 bits per heavy atom. The molecule has 0 saturated carbocycles. The summed E-state index contributed by atoms with van der Waals surface area (Å²) in [5, 5.41) is 10.0. The fourth-order valence-electron chi connectivity index (χ4n) is 3.97. The highest BCUT2D eigenvalue weighted by Crippen LogP contribution is 2.42. The molecule has 1 unspecified atom stereocenters. The molecule has 0 radical (unpaired) electrons. The summed E-state index contributed by atoms with van der Waals surface area (Å²) in [5.74, 6) is 0.611. The van der Waals surface area contributed by atoms with Crippen LogP contribution in [-0.2, 0) is 4.79 Å². The van der Waals surface area contributed by atoms with Crippen molar-refractivity contribution in [1.29, 1.82) is 0 Å². The Bertz CT molecular complexity index is 1150. The summed E-state index contributed by atoms with van der Waals surface area (Å²) < 4.78 is 10.7. The summed E-state index contributed by atoms with van der Waals surface area (Å²) in [7, 11) is 3.14. The number of H-pyrrole nitrogens is 1. The molecule has 7 heteroatoms. The standard InChI is InChI=1S/C23H23N3O4/c1-12-5-7-15(13(2)9-12)22(28)16-11-19(27)24-23-20(16)21(25-26-23)14-6-8-17(29-3)18(10-14)30-4/h5-10,16H,11H2,1-4H3,(H2,24,25,26,27). The van der Waals surface area contributed by atoms with Gasteiger partial charge in [0.1, 0.15) is 0 Å². The first kappa shape index (κ1) is 19.7. The number of ketones is 1. The molecular weight excluding hydrogens is 382 g/mol. The van der Waals surface area contributed by atoms with Gasteiger partial charge in [-0.1, -0.05) is 23.8 Å². The highest BCUT2D eigenvalue weighted by atomic mass is 16.5. The number of carbonyl (C=O) groups excluding carboxylic acids is 2. The van der Waals surface area contributed by atoms with Crippen LogP contribution < -0.4 is 14.8 Å². The zero-order valence-corrected chi connectivity index (χ0v) is 17.3. The SMILES string of the molecule is COc1ccc(-c2[nH]nc3c2C(C(=O)c2ccc(C)cc2C)CC(=O)N3)cc1OC. The van der Waals surface area contributed by atoms with Crippen LogP contribution in [0.2, 0.25) is 0 Å². The van der Waals surface area contributed by atoms with Crippen LogP contribution in [0, 0.1) is 13.8 Å². The van der Waals surface area contributed by atoms with Gasteiger partial charge in [0.05, 0.1) is 25.8 Å². The Labute approximate surface area is 174 Å². The lowest BCUT2D eigenvalue weighted by Crippen LogP contribution is -2.27. The van der Waals surface area contributed by atoms with Crippen molar-refractivity contribution in [1.82, 2.24) is 10.2 Å². The molecule has 1 aliphatic rings.